The molecule has 0 spiro atoms. The molecule has 2 aromatic heterocycles. The molecule has 0 saturated carbocycles. The summed E-state index contributed by atoms with van der Waals surface area (Å²) in [7, 11) is 0. The summed E-state index contributed by atoms with van der Waals surface area (Å²) in [6, 6.07) is 9.10. The number of ether oxygens (including phenoxy) is 1. The Kier molecular flexibility index (Phi) is 6.38. The van der Waals surface area contributed by atoms with Crippen LogP contribution in [-0.2, 0) is 4.74 Å². The van der Waals surface area contributed by atoms with Crippen LogP contribution in [0.4, 0.5) is 20.2 Å². The summed E-state index contributed by atoms with van der Waals surface area (Å²) >= 11 is 0. The van der Waals surface area contributed by atoms with Gasteiger partial charge in [0.05, 0.1) is 29.5 Å². The Morgan fingerprint density at radius 3 is 2.55 bits per heavy atom. The van der Waals surface area contributed by atoms with Crippen molar-refractivity contribution in [2.24, 2.45) is 11.1 Å². The first kappa shape index (κ1) is 26.1. The standard InChI is InChI=1S/C28H29F2N7O3/c1-28(2)15-35(13-23(28)31)25-17-12-36(16-10-11-40-14-16)33-20(17)6-7-21(25)32-27(39)22-8-9-24(38)37(34-22)26-18(29)4-3-5-19(26)30/h3-9,12,16,23H,10-11,13-15,31H2,1-2H3,(H,32,39)/t16-,23+/m0/s1. The smallest absolute Gasteiger partial charge is 0.276 e. The zero-order chi connectivity index (χ0) is 28.2. The van der Waals surface area contributed by atoms with Crippen molar-refractivity contribution < 1.29 is 18.3 Å². The molecule has 4 heterocycles. The van der Waals surface area contributed by atoms with Gasteiger partial charge in [-0.3, -0.25) is 14.3 Å². The lowest BCUT2D eigenvalue weighted by Crippen LogP contribution is -2.35. The Morgan fingerprint density at radius 2 is 1.88 bits per heavy atom. The number of nitrogens with two attached hydrogens (primary N) is 1. The normalized spacial score (nSPS) is 20.4. The van der Waals surface area contributed by atoms with E-state index in [1.807, 2.05) is 16.9 Å². The van der Waals surface area contributed by atoms with Crippen LogP contribution in [0.25, 0.3) is 16.6 Å². The predicted octanol–water partition coefficient (Wildman–Crippen LogP) is 3.25. The van der Waals surface area contributed by atoms with Crippen LogP contribution in [0.3, 0.4) is 0 Å². The summed E-state index contributed by atoms with van der Waals surface area (Å²) in [5.74, 6) is -2.60. The van der Waals surface area contributed by atoms with Crippen molar-refractivity contribution in [3.05, 3.63) is 76.3 Å². The predicted molar refractivity (Wildman–Crippen MR) is 146 cm³/mol. The molecule has 12 heteroatoms. The molecule has 2 saturated heterocycles. The van der Waals surface area contributed by atoms with Gasteiger partial charge in [0.2, 0.25) is 0 Å². The fraction of sp³-hybridized carbons (Fsp3) is 0.357. The SMILES string of the molecule is CC1(C)CN(c2c(NC(=O)c3ccc(=O)n(-c4c(F)cccc4F)n3)ccc3nn([C@H]4CCOC4)cc23)C[C@H]1N. The van der Waals surface area contributed by atoms with Gasteiger partial charge in [0.1, 0.15) is 11.4 Å². The average molecular weight is 550 g/mol. The number of benzene rings is 2. The zero-order valence-corrected chi connectivity index (χ0v) is 22.1. The maximum Gasteiger partial charge on any atom is 0.276 e. The minimum atomic E-state index is -0.974. The van der Waals surface area contributed by atoms with Crippen LogP contribution >= 0.6 is 0 Å². The Labute approximate surface area is 228 Å². The van der Waals surface area contributed by atoms with Crippen LogP contribution in [0.15, 0.2) is 53.5 Å². The van der Waals surface area contributed by atoms with E-state index < -0.39 is 28.8 Å². The van der Waals surface area contributed by atoms with Crippen LogP contribution in [0.5, 0.6) is 0 Å². The largest absolute Gasteiger partial charge is 0.379 e. The third-order valence-corrected chi connectivity index (χ3v) is 7.72. The fourth-order valence-corrected chi connectivity index (χ4v) is 5.36. The van der Waals surface area contributed by atoms with Crippen LogP contribution < -0.4 is 21.5 Å². The minimum Gasteiger partial charge on any atom is -0.379 e. The van der Waals surface area contributed by atoms with E-state index in [4.69, 9.17) is 15.6 Å². The highest BCUT2D eigenvalue weighted by Crippen LogP contribution is 2.41. The van der Waals surface area contributed by atoms with E-state index in [0.717, 1.165) is 41.2 Å². The van der Waals surface area contributed by atoms with Crippen molar-refractivity contribution in [1.29, 1.82) is 0 Å². The second-order valence-electron chi connectivity index (χ2n) is 11.0. The van der Waals surface area contributed by atoms with Crippen molar-refractivity contribution in [3.63, 3.8) is 0 Å². The molecule has 0 bridgehead atoms. The van der Waals surface area contributed by atoms with Crippen LogP contribution in [0, 0.1) is 17.0 Å². The summed E-state index contributed by atoms with van der Waals surface area (Å²) in [6.45, 7) is 6.69. The van der Waals surface area contributed by atoms with Crippen LogP contribution in [0.2, 0.25) is 0 Å². The van der Waals surface area contributed by atoms with Gasteiger partial charge in [-0.2, -0.15) is 14.9 Å². The van der Waals surface area contributed by atoms with Gasteiger partial charge in [-0.15, -0.1) is 0 Å². The number of rotatable bonds is 5. The van der Waals surface area contributed by atoms with E-state index in [-0.39, 0.29) is 23.2 Å². The molecule has 3 N–H and O–H groups in total. The van der Waals surface area contributed by atoms with Crippen molar-refractivity contribution in [1.82, 2.24) is 19.6 Å². The number of carbonyl (C=O) groups is 1. The van der Waals surface area contributed by atoms with Crippen molar-refractivity contribution >= 4 is 28.2 Å². The average Bonchev–Trinajstić information content (AvgIpc) is 3.64. The third kappa shape index (κ3) is 4.52. The highest BCUT2D eigenvalue weighted by molar-refractivity contribution is 6.08. The highest BCUT2D eigenvalue weighted by atomic mass is 19.1. The molecule has 208 valence electrons. The van der Waals surface area contributed by atoms with Crippen molar-refractivity contribution in [3.8, 4) is 5.69 Å². The number of hydrogen-bond acceptors (Lipinski definition) is 7. The van der Waals surface area contributed by atoms with Gasteiger partial charge in [0.15, 0.2) is 11.6 Å². The molecule has 0 unspecified atom stereocenters. The molecule has 4 aromatic rings. The molecule has 0 aliphatic carbocycles. The number of para-hydroxylation sites is 1. The number of hydrogen-bond donors (Lipinski definition) is 2. The van der Waals surface area contributed by atoms with E-state index in [1.165, 1.54) is 12.1 Å². The van der Waals surface area contributed by atoms with E-state index in [0.29, 0.717) is 36.7 Å². The van der Waals surface area contributed by atoms with E-state index >= 15 is 0 Å². The second-order valence-corrected chi connectivity index (χ2v) is 11.0. The van der Waals surface area contributed by atoms with Crippen LogP contribution in [0.1, 0.15) is 36.8 Å². The topological polar surface area (TPSA) is 120 Å². The Morgan fingerprint density at radius 1 is 1.10 bits per heavy atom. The number of anilines is 2. The van der Waals surface area contributed by atoms with E-state index in [1.54, 1.807) is 6.07 Å². The Balaban J connectivity index is 1.40. The first-order valence-electron chi connectivity index (χ1n) is 13.1. The summed E-state index contributed by atoms with van der Waals surface area (Å²) < 4.78 is 36.8. The third-order valence-electron chi connectivity index (χ3n) is 7.72. The molecule has 2 fully saturated rings. The van der Waals surface area contributed by atoms with Gasteiger partial charge in [-0.1, -0.05) is 19.9 Å². The first-order chi connectivity index (χ1) is 19.1. The lowest BCUT2D eigenvalue weighted by Gasteiger charge is -2.25. The number of aromatic nitrogens is 4. The molecule has 2 aliphatic heterocycles. The lowest BCUT2D eigenvalue weighted by atomic mass is 9.89. The number of nitrogens with zero attached hydrogens (tertiary/aromatic N) is 5. The number of halogens is 2. The molecular formula is C28H29F2N7O3. The summed E-state index contributed by atoms with van der Waals surface area (Å²) in [6.07, 6.45) is 2.83. The second kappa shape index (κ2) is 9.79. The lowest BCUT2D eigenvalue weighted by molar-refractivity contribution is 0.102. The van der Waals surface area contributed by atoms with Gasteiger partial charge in [0.25, 0.3) is 11.5 Å². The molecule has 2 aromatic carbocycles. The molecule has 1 amide bonds. The van der Waals surface area contributed by atoms with Crippen molar-refractivity contribution in [2.75, 3.05) is 36.5 Å². The number of carbonyl (C=O) groups excluding carboxylic acids is 1. The molecular weight excluding hydrogens is 520 g/mol. The first-order valence-corrected chi connectivity index (χ1v) is 13.1. The Bertz CT molecular complexity index is 1660. The van der Waals surface area contributed by atoms with Gasteiger partial charge >= 0.3 is 0 Å². The maximum absolute atomic E-state index is 14.4. The molecule has 40 heavy (non-hydrogen) atoms. The summed E-state index contributed by atoms with van der Waals surface area (Å²) in [5.41, 5.74) is 6.72. The number of fused-ring (bicyclic) bond motifs is 1. The number of nitrogens with one attached hydrogen (secondary N) is 1. The van der Waals surface area contributed by atoms with Gasteiger partial charge in [-0.05, 0) is 42.2 Å². The summed E-state index contributed by atoms with van der Waals surface area (Å²) in [5, 5.41) is 12.5. The minimum absolute atomic E-state index is 0.0922. The quantitative estimate of drug-likeness (QED) is 0.392. The van der Waals surface area contributed by atoms with Gasteiger partial charge in [-0.25, -0.2) is 8.78 Å². The summed E-state index contributed by atoms with van der Waals surface area (Å²) in [4.78, 5) is 28.0. The zero-order valence-electron chi connectivity index (χ0n) is 22.1. The molecule has 2 atom stereocenters. The van der Waals surface area contributed by atoms with Crippen LogP contribution in [-0.4, -0.2) is 57.8 Å². The monoisotopic (exact) mass is 549 g/mol. The van der Waals surface area contributed by atoms with Crippen molar-refractivity contribution in [2.45, 2.75) is 32.4 Å². The van der Waals surface area contributed by atoms with E-state index in [9.17, 15) is 18.4 Å². The molecule has 2 aliphatic rings. The van der Waals surface area contributed by atoms with Gasteiger partial charge < -0.3 is 20.7 Å². The maximum atomic E-state index is 14.4. The molecule has 10 nitrogen and oxygen atoms in total. The van der Waals surface area contributed by atoms with E-state index in [2.05, 4.69) is 29.2 Å². The fourth-order valence-electron chi connectivity index (χ4n) is 5.36. The van der Waals surface area contributed by atoms with Gasteiger partial charge in [0, 0.05) is 43.4 Å². The Hall–Kier alpha value is -4.16. The molecule has 6 rings (SSSR count). The number of amides is 1. The molecule has 0 radical (unpaired) electrons. The highest BCUT2D eigenvalue weighted by Gasteiger charge is 2.38.